The predicted octanol–water partition coefficient (Wildman–Crippen LogP) is 3.38. The Morgan fingerprint density at radius 1 is 1.11 bits per heavy atom. The maximum Gasteiger partial charge on any atom is 0.317 e. The minimum atomic E-state index is 0.0351. The van der Waals surface area contributed by atoms with E-state index in [0.29, 0.717) is 5.92 Å². The van der Waals surface area contributed by atoms with Gasteiger partial charge in [0.05, 0.1) is 6.61 Å². The molecule has 2 saturated heterocycles. The van der Waals surface area contributed by atoms with Crippen LogP contribution >= 0.6 is 0 Å². The van der Waals surface area contributed by atoms with Gasteiger partial charge in [0.25, 0.3) is 0 Å². The fourth-order valence-electron chi connectivity index (χ4n) is 5.00. The van der Waals surface area contributed by atoms with Crippen molar-refractivity contribution < 1.29 is 9.90 Å². The molecule has 2 heterocycles. The third kappa shape index (κ3) is 5.23. The van der Waals surface area contributed by atoms with Gasteiger partial charge in [0.1, 0.15) is 0 Å². The van der Waals surface area contributed by atoms with E-state index in [1.165, 1.54) is 5.56 Å². The number of carbonyl (C=O) groups excluding carboxylic acids is 1. The number of carbonyl (C=O) groups is 1. The van der Waals surface area contributed by atoms with E-state index in [2.05, 4.69) is 50.5 Å². The number of hydrogen-bond donors (Lipinski definition) is 3. The zero-order chi connectivity index (χ0) is 19.7. The van der Waals surface area contributed by atoms with Crippen LogP contribution in [0.5, 0.6) is 0 Å². The first-order valence-corrected chi connectivity index (χ1v) is 10.2. The molecule has 5 heteroatoms. The summed E-state index contributed by atoms with van der Waals surface area (Å²) in [7, 11) is 0. The summed E-state index contributed by atoms with van der Waals surface area (Å²) in [6.07, 6.45) is 3.90. The van der Waals surface area contributed by atoms with Crippen LogP contribution in [0.15, 0.2) is 24.3 Å². The normalized spacial score (nSPS) is 23.2. The van der Waals surface area contributed by atoms with Crippen LogP contribution < -0.4 is 10.6 Å². The maximum atomic E-state index is 12.8. The number of hydrogen-bond acceptors (Lipinski definition) is 3. The summed E-state index contributed by atoms with van der Waals surface area (Å²) in [6.45, 7) is 10.5. The predicted molar refractivity (Wildman–Crippen MR) is 109 cm³/mol. The van der Waals surface area contributed by atoms with Crippen LogP contribution in [0.4, 0.5) is 4.79 Å². The van der Waals surface area contributed by atoms with Gasteiger partial charge in [-0.15, -0.1) is 0 Å². The van der Waals surface area contributed by atoms with Crippen LogP contribution in [0.25, 0.3) is 0 Å². The molecular weight excluding hydrogens is 338 g/mol. The quantitative estimate of drug-likeness (QED) is 0.761. The van der Waals surface area contributed by atoms with Crippen molar-refractivity contribution in [3.05, 3.63) is 35.4 Å². The maximum absolute atomic E-state index is 12.8. The van der Waals surface area contributed by atoms with Crippen LogP contribution in [0.2, 0.25) is 0 Å². The summed E-state index contributed by atoms with van der Waals surface area (Å²) in [5.74, 6) is 0.499. The number of aliphatic hydroxyl groups excluding tert-OH is 1. The van der Waals surface area contributed by atoms with E-state index in [0.717, 1.165) is 44.3 Å². The number of nitrogens with one attached hydrogen (secondary N) is 2. The van der Waals surface area contributed by atoms with Crippen molar-refractivity contribution in [3.8, 4) is 0 Å². The van der Waals surface area contributed by atoms with Gasteiger partial charge < -0.3 is 20.6 Å². The topological polar surface area (TPSA) is 64.6 Å². The van der Waals surface area contributed by atoms with Gasteiger partial charge in [-0.3, -0.25) is 0 Å². The third-order valence-electron chi connectivity index (χ3n) is 5.93. The molecule has 0 unspecified atom stereocenters. The van der Waals surface area contributed by atoms with Gasteiger partial charge in [-0.25, -0.2) is 4.79 Å². The number of nitrogens with zero attached hydrogens (tertiary/aromatic N) is 1. The third-order valence-corrected chi connectivity index (χ3v) is 5.93. The molecule has 2 amide bonds. The molecule has 0 radical (unpaired) electrons. The number of piperidine rings is 2. The highest BCUT2D eigenvalue weighted by Crippen LogP contribution is 2.30. The number of amides is 2. The van der Waals surface area contributed by atoms with Crippen molar-refractivity contribution in [1.82, 2.24) is 15.5 Å². The van der Waals surface area contributed by atoms with Gasteiger partial charge in [-0.2, -0.15) is 0 Å². The number of urea groups is 1. The van der Waals surface area contributed by atoms with Gasteiger partial charge in [0.15, 0.2) is 0 Å². The Morgan fingerprint density at radius 3 is 2.19 bits per heavy atom. The minimum Gasteiger partial charge on any atom is -0.392 e. The molecule has 2 fully saturated rings. The number of aliphatic hydroxyl groups is 1. The smallest absolute Gasteiger partial charge is 0.317 e. The summed E-state index contributed by atoms with van der Waals surface area (Å²) >= 11 is 0. The molecule has 2 aliphatic rings. The lowest BCUT2D eigenvalue weighted by Gasteiger charge is -2.47. The Bertz CT molecular complexity index is 630. The molecule has 27 heavy (non-hydrogen) atoms. The van der Waals surface area contributed by atoms with Gasteiger partial charge in [-0.1, -0.05) is 24.3 Å². The van der Waals surface area contributed by atoms with E-state index in [9.17, 15) is 9.90 Å². The zero-order valence-corrected chi connectivity index (χ0v) is 17.2. The Kier molecular flexibility index (Phi) is 5.82. The fraction of sp³-hybridized carbons (Fsp3) is 0.682. The average molecular weight is 374 g/mol. The standard InChI is InChI=1S/C22H35N3O2/c1-21(2)13-19(14-22(3,4)24-21)23-20(27)25-11-9-18(10-12-25)17-7-5-16(15-26)6-8-17/h5-8,18-19,24,26H,9-15H2,1-4H3,(H,23,27). The summed E-state index contributed by atoms with van der Waals surface area (Å²) in [6, 6.07) is 8.52. The summed E-state index contributed by atoms with van der Waals surface area (Å²) in [4.78, 5) is 14.8. The second-order valence-corrected chi connectivity index (χ2v) is 9.61. The van der Waals surface area contributed by atoms with Gasteiger partial charge >= 0.3 is 6.03 Å². The van der Waals surface area contributed by atoms with Crippen molar-refractivity contribution in [2.24, 2.45) is 0 Å². The van der Waals surface area contributed by atoms with Crippen molar-refractivity contribution >= 4 is 6.03 Å². The lowest BCUT2D eigenvalue weighted by atomic mass is 9.79. The number of likely N-dealkylation sites (tertiary alicyclic amines) is 1. The van der Waals surface area contributed by atoms with Crippen LogP contribution in [0, 0.1) is 0 Å². The van der Waals surface area contributed by atoms with Crippen LogP contribution in [-0.4, -0.2) is 46.2 Å². The highest BCUT2D eigenvalue weighted by atomic mass is 16.3. The molecule has 2 aliphatic heterocycles. The molecule has 3 rings (SSSR count). The second-order valence-electron chi connectivity index (χ2n) is 9.61. The molecule has 1 aromatic rings. The molecule has 150 valence electrons. The molecule has 5 nitrogen and oxygen atoms in total. The highest BCUT2D eigenvalue weighted by molar-refractivity contribution is 5.74. The Balaban J connectivity index is 1.52. The monoisotopic (exact) mass is 373 g/mol. The summed E-state index contributed by atoms with van der Waals surface area (Å²) in [5.41, 5.74) is 2.33. The van der Waals surface area contributed by atoms with Gasteiger partial charge in [0.2, 0.25) is 0 Å². The number of benzene rings is 1. The molecule has 0 aliphatic carbocycles. The lowest BCUT2D eigenvalue weighted by molar-refractivity contribution is 0.134. The second kappa shape index (κ2) is 7.80. The Labute approximate surface area is 163 Å². The first-order valence-electron chi connectivity index (χ1n) is 10.2. The van der Waals surface area contributed by atoms with Gasteiger partial charge in [-0.05, 0) is 70.4 Å². The van der Waals surface area contributed by atoms with Crippen molar-refractivity contribution in [1.29, 1.82) is 0 Å². The van der Waals surface area contributed by atoms with Crippen LogP contribution in [-0.2, 0) is 6.61 Å². The summed E-state index contributed by atoms with van der Waals surface area (Å²) in [5, 5.41) is 16.1. The van der Waals surface area contributed by atoms with Crippen LogP contribution in [0.1, 0.15) is 70.4 Å². The van der Waals surface area contributed by atoms with Crippen molar-refractivity contribution in [2.45, 2.75) is 83.0 Å². The molecule has 0 atom stereocenters. The van der Waals surface area contributed by atoms with E-state index >= 15 is 0 Å². The first kappa shape index (κ1) is 20.2. The average Bonchev–Trinajstić information content (AvgIpc) is 2.59. The molecular formula is C22H35N3O2. The molecule has 3 N–H and O–H groups in total. The Hall–Kier alpha value is -1.59. The minimum absolute atomic E-state index is 0.0351. The molecule has 0 saturated carbocycles. The molecule has 0 aromatic heterocycles. The van der Waals surface area contributed by atoms with E-state index in [1.54, 1.807) is 0 Å². The fourth-order valence-corrected chi connectivity index (χ4v) is 5.00. The highest BCUT2D eigenvalue weighted by Gasteiger charge is 2.38. The van der Waals surface area contributed by atoms with E-state index in [-0.39, 0.29) is 29.8 Å². The SMILES string of the molecule is CC1(C)CC(NC(=O)N2CCC(c3ccc(CO)cc3)CC2)CC(C)(C)N1. The van der Waals surface area contributed by atoms with Crippen LogP contribution in [0.3, 0.4) is 0 Å². The molecule has 1 aromatic carbocycles. The molecule has 0 bridgehead atoms. The van der Waals surface area contributed by atoms with E-state index in [1.807, 2.05) is 17.0 Å². The van der Waals surface area contributed by atoms with E-state index < -0.39 is 0 Å². The first-order chi connectivity index (χ1) is 12.7. The summed E-state index contributed by atoms with van der Waals surface area (Å²) < 4.78 is 0. The molecule has 0 spiro atoms. The lowest BCUT2D eigenvalue weighted by Crippen LogP contribution is -2.63. The van der Waals surface area contributed by atoms with Crippen molar-refractivity contribution in [3.63, 3.8) is 0 Å². The van der Waals surface area contributed by atoms with Crippen molar-refractivity contribution in [2.75, 3.05) is 13.1 Å². The Morgan fingerprint density at radius 2 is 1.67 bits per heavy atom. The largest absolute Gasteiger partial charge is 0.392 e. The van der Waals surface area contributed by atoms with Gasteiger partial charge in [0, 0.05) is 30.2 Å². The zero-order valence-electron chi connectivity index (χ0n) is 17.2. The van der Waals surface area contributed by atoms with E-state index in [4.69, 9.17) is 0 Å². The number of rotatable bonds is 3.